The van der Waals surface area contributed by atoms with E-state index in [1.807, 2.05) is 0 Å². The summed E-state index contributed by atoms with van der Waals surface area (Å²) in [5.74, 6) is -0.885. The summed E-state index contributed by atoms with van der Waals surface area (Å²) in [5, 5.41) is 23.9. The molecule has 0 aliphatic heterocycles. The maximum atomic E-state index is 12.1. The fourth-order valence-corrected chi connectivity index (χ4v) is 2.31. The van der Waals surface area contributed by atoms with Gasteiger partial charge in [-0.05, 0) is 24.3 Å². The van der Waals surface area contributed by atoms with Gasteiger partial charge in [0.15, 0.2) is 0 Å². The van der Waals surface area contributed by atoms with Gasteiger partial charge in [0.2, 0.25) is 0 Å². The largest absolute Gasteiger partial charge is 1.00 e. The molecule has 1 N–H and O–H groups in total. The number of benzene rings is 2. The minimum atomic E-state index is -4.64. The molecule has 11 nitrogen and oxygen atoms in total. The van der Waals surface area contributed by atoms with Crippen molar-refractivity contribution in [2.24, 2.45) is 0 Å². The number of non-ortho nitro benzene ring substituents is 2. The molecule has 0 unspecified atom stereocenters. The third kappa shape index (κ3) is 5.31. The van der Waals surface area contributed by atoms with Crippen LogP contribution in [-0.4, -0.2) is 28.7 Å². The molecule has 1 amide bonds. The Bertz CT molecular complexity index is 943. The second-order valence-corrected chi connectivity index (χ2v) is 6.06. The predicted molar refractivity (Wildman–Crippen MR) is 82.1 cm³/mol. The maximum absolute atomic E-state index is 12.1. The fourth-order valence-electron chi connectivity index (χ4n) is 1.85. The fraction of sp³-hybridized carbons (Fsp3) is 0. The number of anilines is 1. The van der Waals surface area contributed by atoms with Crippen LogP contribution in [0.15, 0.2) is 47.4 Å². The molecule has 130 valence electrons. The number of hydrogen-bond acceptors (Lipinski definition) is 8. The average molecular weight is 389 g/mol. The minimum absolute atomic E-state index is 0. The summed E-state index contributed by atoms with van der Waals surface area (Å²) in [6.07, 6.45) is 0. The Morgan fingerprint density at radius 1 is 0.923 bits per heavy atom. The van der Waals surface area contributed by atoms with Crippen LogP contribution in [0, 0.1) is 20.2 Å². The van der Waals surface area contributed by atoms with Gasteiger partial charge >= 0.3 is 29.6 Å². The van der Waals surface area contributed by atoms with E-state index < -0.39 is 42.1 Å². The van der Waals surface area contributed by atoms with Gasteiger partial charge in [0.25, 0.3) is 17.3 Å². The van der Waals surface area contributed by atoms with E-state index in [1.54, 1.807) is 0 Å². The first kappa shape index (κ1) is 21.7. The van der Waals surface area contributed by atoms with Crippen LogP contribution < -0.4 is 34.9 Å². The van der Waals surface area contributed by atoms with Crippen molar-refractivity contribution in [3.8, 4) is 0 Å². The van der Waals surface area contributed by atoms with Gasteiger partial charge in [0.05, 0.1) is 26.4 Å². The van der Waals surface area contributed by atoms with Crippen molar-refractivity contribution in [1.29, 1.82) is 0 Å². The molecule has 0 bridgehead atoms. The SMILES string of the molecule is O=C(Nc1ccc(S(=O)(=O)[O-])cc1)c1cc([N+](=O)[O-])cc([N+](=O)[O-])c1.[Na+]. The van der Waals surface area contributed by atoms with Crippen molar-refractivity contribution in [1.82, 2.24) is 0 Å². The van der Waals surface area contributed by atoms with E-state index in [4.69, 9.17) is 0 Å². The molecule has 0 atom stereocenters. The summed E-state index contributed by atoms with van der Waals surface area (Å²) >= 11 is 0. The molecular formula is C13H8N3NaO8S. The Hall–Kier alpha value is -2.38. The number of hydrogen-bond donors (Lipinski definition) is 1. The topological polar surface area (TPSA) is 173 Å². The molecule has 13 heteroatoms. The molecule has 0 radical (unpaired) electrons. The zero-order valence-electron chi connectivity index (χ0n) is 13.1. The summed E-state index contributed by atoms with van der Waals surface area (Å²) < 4.78 is 32.5. The van der Waals surface area contributed by atoms with Crippen LogP contribution >= 0.6 is 0 Å². The van der Waals surface area contributed by atoms with Crippen LogP contribution in [0.4, 0.5) is 17.1 Å². The zero-order valence-corrected chi connectivity index (χ0v) is 15.9. The molecule has 2 aromatic carbocycles. The van der Waals surface area contributed by atoms with E-state index in [2.05, 4.69) is 5.32 Å². The zero-order chi connectivity index (χ0) is 18.8. The molecule has 0 heterocycles. The summed E-state index contributed by atoms with van der Waals surface area (Å²) in [5.41, 5.74) is -1.51. The molecule has 0 spiro atoms. The van der Waals surface area contributed by atoms with Crippen LogP contribution in [0.5, 0.6) is 0 Å². The molecule has 0 aromatic heterocycles. The summed E-state index contributed by atoms with van der Waals surface area (Å²) in [7, 11) is -4.64. The first-order valence-corrected chi connectivity index (χ1v) is 7.80. The molecular weight excluding hydrogens is 381 g/mol. The first-order chi connectivity index (χ1) is 11.6. The number of carbonyl (C=O) groups excluding carboxylic acids is 1. The molecule has 2 aromatic rings. The second kappa shape index (κ2) is 8.33. The number of nitro groups is 2. The molecule has 0 aliphatic rings. The van der Waals surface area contributed by atoms with Gasteiger partial charge in [-0.3, -0.25) is 25.0 Å². The Labute approximate surface area is 168 Å². The molecule has 26 heavy (non-hydrogen) atoms. The molecule has 0 saturated heterocycles. The number of carbonyl (C=O) groups is 1. The maximum Gasteiger partial charge on any atom is 1.00 e. The number of nitro benzene ring substituents is 2. The van der Waals surface area contributed by atoms with Crippen LogP contribution in [0.2, 0.25) is 0 Å². The number of amides is 1. The Balaban J connectivity index is 0.00000338. The van der Waals surface area contributed by atoms with E-state index >= 15 is 0 Å². The van der Waals surface area contributed by atoms with Gasteiger partial charge in [-0.2, -0.15) is 0 Å². The quantitative estimate of drug-likeness (QED) is 0.283. The summed E-state index contributed by atoms with van der Waals surface area (Å²) in [6.45, 7) is 0. The molecule has 0 saturated carbocycles. The smallest absolute Gasteiger partial charge is 0.744 e. The van der Waals surface area contributed by atoms with Crippen LogP contribution in [0.3, 0.4) is 0 Å². The van der Waals surface area contributed by atoms with Crippen LogP contribution in [0.1, 0.15) is 10.4 Å². The Morgan fingerprint density at radius 2 is 1.38 bits per heavy atom. The van der Waals surface area contributed by atoms with E-state index in [9.17, 15) is 38.0 Å². The summed E-state index contributed by atoms with van der Waals surface area (Å²) in [6, 6.07) is 6.63. The number of rotatable bonds is 5. The van der Waals surface area contributed by atoms with Crippen LogP contribution in [-0.2, 0) is 10.1 Å². The minimum Gasteiger partial charge on any atom is -0.744 e. The predicted octanol–water partition coefficient (Wildman–Crippen LogP) is -1.34. The standard InChI is InChI=1S/C13H9N3O8S.Na/c17-13(14-9-1-3-12(4-2-9)25(22,23)24)8-5-10(15(18)19)7-11(6-8)16(20)21;/h1-7H,(H,14,17)(H,22,23,24);/q;+1/p-1. The van der Waals surface area contributed by atoms with Crippen molar-refractivity contribution in [3.05, 3.63) is 68.3 Å². The third-order valence-electron chi connectivity index (χ3n) is 2.99. The van der Waals surface area contributed by atoms with Crippen molar-refractivity contribution in [2.75, 3.05) is 5.32 Å². The summed E-state index contributed by atoms with van der Waals surface area (Å²) in [4.78, 5) is 31.5. The van der Waals surface area contributed by atoms with Crippen molar-refractivity contribution in [3.63, 3.8) is 0 Å². The van der Waals surface area contributed by atoms with Gasteiger partial charge in [0.1, 0.15) is 10.1 Å². The molecule has 0 aliphatic carbocycles. The van der Waals surface area contributed by atoms with E-state index in [0.29, 0.717) is 6.07 Å². The van der Waals surface area contributed by atoms with E-state index in [0.717, 1.165) is 36.4 Å². The van der Waals surface area contributed by atoms with Gasteiger partial charge in [0, 0.05) is 17.8 Å². The van der Waals surface area contributed by atoms with E-state index in [1.165, 1.54) is 0 Å². The average Bonchev–Trinajstić information content (AvgIpc) is 2.53. The van der Waals surface area contributed by atoms with Crippen molar-refractivity contribution in [2.45, 2.75) is 4.90 Å². The normalized spacial score (nSPS) is 10.5. The van der Waals surface area contributed by atoms with Crippen molar-refractivity contribution >= 4 is 33.1 Å². The third-order valence-corrected chi connectivity index (χ3v) is 3.84. The van der Waals surface area contributed by atoms with Gasteiger partial charge < -0.3 is 9.87 Å². The molecule has 0 fully saturated rings. The van der Waals surface area contributed by atoms with Gasteiger partial charge in [-0.1, -0.05) is 0 Å². The second-order valence-electron chi connectivity index (χ2n) is 4.68. The molecule has 2 rings (SSSR count). The Morgan fingerprint density at radius 3 is 1.77 bits per heavy atom. The number of nitrogens with one attached hydrogen (secondary N) is 1. The van der Waals surface area contributed by atoms with Gasteiger partial charge in [-0.15, -0.1) is 0 Å². The number of nitrogens with zero attached hydrogens (tertiary/aromatic N) is 2. The Kier molecular flexibility index (Phi) is 6.94. The van der Waals surface area contributed by atoms with E-state index in [-0.39, 0.29) is 40.8 Å². The monoisotopic (exact) mass is 389 g/mol. The van der Waals surface area contributed by atoms with Crippen molar-refractivity contribution < 1.29 is 57.2 Å². The first-order valence-electron chi connectivity index (χ1n) is 6.39. The van der Waals surface area contributed by atoms with Gasteiger partial charge in [-0.25, -0.2) is 8.42 Å². The van der Waals surface area contributed by atoms with Crippen LogP contribution in [0.25, 0.3) is 0 Å².